The lowest BCUT2D eigenvalue weighted by molar-refractivity contribution is 0.0284. The highest BCUT2D eigenvalue weighted by molar-refractivity contribution is 5.67. The number of carbonyl (C=O) groups is 1. The molecule has 0 aromatic rings. The molecule has 1 aliphatic heterocycles. The smallest absolute Gasteiger partial charge is 0.410 e. The number of amides is 1. The summed E-state index contributed by atoms with van der Waals surface area (Å²) in [4.78, 5) is 15.8. The number of hydrogen-bond donors (Lipinski definition) is 1. The Morgan fingerprint density at radius 1 is 1.33 bits per heavy atom. The van der Waals surface area contributed by atoms with Gasteiger partial charge in [-0.15, -0.1) is 0 Å². The van der Waals surface area contributed by atoms with Gasteiger partial charge in [-0.25, -0.2) is 4.79 Å². The third kappa shape index (κ3) is 6.21. The van der Waals surface area contributed by atoms with E-state index in [9.17, 15) is 4.79 Å². The predicted octanol–water partition coefficient (Wildman–Crippen LogP) is 1.15. The van der Waals surface area contributed by atoms with Crippen LogP contribution in [0.3, 0.4) is 0 Å². The summed E-state index contributed by atoms with van der Waals surface area (Å²) in [6.45, 7) is 11.6. The zero-order valence-electron chi connectivity index (χ0n) is 12.2. The minimum Gasteiger partial charge on any atom is -0.444 e. The molecule has 1 aliphatic rings. The lowest BCUT2D eigenvalue weighted by atomic mass is 10.2. The van der Waals surface area contributed by atoms with Gasteiger partial charge >= 0.3 is 6.09 Å². The fourth-order valence-electron chi connectivity index (χ4n) is 1.85. The van der Waals surface area contributed by atoms with E-state index in [0.717, 1.165) is 39.3 Å². The Morgan fingerprint density at radius 3 is 2.72 bits per heavy atom. The van der Waals surface area contributed by atoms with Crippen molar-refractivity contribution in [3.63, 3.8) is 0 Å². The largest absolute Gasteiger partial charge is 0.444 e. The normalized spacial score (nSPS) is 18.2. The topological polar surface area (TPSA) is 44.8 Å². The molecule has 0 atom stereocenters. The molecule has 0 bridgehead atoms. The van der Waals surface area contributed by atoms with Crippen LogP contribution in [-0.4, -0.2) is 67.8 Å². The fraction of sp³-hybridized carbons (Fsp3) is 0.923. The molecular formula is C13H27N3O2. The van der Waals surface area contributed by atoms with Crippen molar-refractivity contribution in [2.45, 2.75) is 32.8 Å². The summed E-state index contributed by atoms with van der Waals surface area (Å²) in [7, 11) is 1.80. The quantitative estimate of drug-likeness (QED) is 0.824. The second-order valence-electron chi connectivity index (χ2n) is 5.85. The number of hydrogen-bond acceptors (Lipinski definition) is 4. The Hall–Kier alpha value is -0.810. The minimum absolute atomic E-state index is 0.240. The van der Waals surface area contributed by atoms with E-state index in [1.807, 2.05) is 20.8 Å². The van der Waals surface area contributed by atoms with Gasteiger partial charge in [0.2, 0.25) is 0 Å². The molecule has 0 aliphatic carbocycles. The molecule has 5 nitrogen and oxygen atoms in total. The fourth-order valence-corrected chi connectivity index (χ4v) is 1.85. The van der Waals surface area contributed by atoms with Gasteiger partial charge < -0.3 is 19.9 Å². The number of likely N-dealkylation sites (N-methyl/N-ethyl adjacent to an activating group) is 1. The molecule has 1 saturated heterocycles. The molecule has 0 saturated carbocycles. The molecule has 1 fully saturated rings. The molecule has 1 heterocycles. The van der Waals surface area contributed by atoms with Gasteiger partial charge in [-0.1, -0.05) is 0 Å². The van der Waals surface area contributed by atoms with Gasteiger partial charge in [0.25, 0.3) is 0 Å². The number of nitrogens with zero attached hydrogens (tertiary/aromatic N) is 2. The molecule has 1 amide bonds. The summed E-state index contributed by atoms with van der Waals surface area (Å²) in [6, 6.07) is 0. The van der Waals surface area contributed by atoms with Crippen LogP contribution in [0.15, 0.2) is 0 Å². The average molecular weight is 257 g/mol. The Labute approximate surface area is 110 Å². The van der Waals surface area contributed by atoms with Crippen LogP contribution < -0.4 is 5.32 Å². The molecule has 0 aromatic carbocycles. The maximum absolute atomic E-state index is 11.8. The molecule has 0 unspecified atom stereocenters. The monoisotopic (exact) mass is 257 g/mol. The Morgan fingerprint density at radius 2 is 2.06 bits per heavy atom. The zero-order chi connectivity index (χ0) is 13.6. The highest BCUT2D eigenvalue weighted by atomic mass is 16.6. The predicted molar refractivity (Wildman–Crippen MR) is 72.8 cm³/mol. The van der Waals surface area contributed by atoms with Crippen molar-refractivity contribution < 1.29 is 9.53 Å². The SMILES string of the molecule is CN(CCN1CCCNCC1)C(=O)OC(C)(C)C. The summed E-state index contributed by atoms with van der Waals surface area (Å²) >= 11 is 0. The van der Waals surface area contributed by atoms with Crippen molar-refractivity contribution >= 4 is 6.09 Å². The van der Waals surface area contributed by atoms with Crippen molar-refractivity contribution in [2.24, 2.45) is 0 Å². The van der Waals surface area contributed by atoms with Gasteiger partial charge in [-0.3, -0.25) is 0 Å². The lowest BCUT2D eigenvalue weighted by Gasteiger charge is -2.27. The van der Waals surface area contributed by atoms with Gasteiger partial charge in [-0.2, -0.15) is 0 Å². The van der Waals surface area contributed by atoms with E-state index >= 15 is 0 Å². The van der Waals surface area contributed by atoms with Crippen LogP contribution in [0.1, 0.15) is 27.2 Å². The van der Waals surface area contributed by atoms with Crippen LogP contribution in [0.5, 0.6) is 0 Å². The van der Waals surface area contributed by atoms with E-state index in [0.29, 0.717) is 0 Å². The van der Waals surface area contributed by atoms with E-state index in [-0.39, 0.29) is 6.09 Å². The van der Waals surface area contributed by atoms with Crippen LogP contribution in [0.2, 0.25) is 0 Å². The third-order valence-electron chi connectivity index (χ3n) is 2.89. The van der Waals surface area contributed by atoms with Crippen molar-refractivity contribution in [3.8, 4) is 0 Å². The van der Waals surface area contributed by atoms with Gasteiger partial charge in [0, 0.05) is 33.2 Å². The first kappa shape index (κ1) is 15.2. The van der Waals surface area contributed by atoms with Crippen LogP contribution in [0.25, 0.3) is 0 Å². The number of carbonyl (C=O) groups excluding carboxylic acids is 1. The molecule has 106 valence electrons. The number of rotatable bonds is 3. The minimum atomic E-state index is -0.419. The van der Waals surface area contributed by atoms with Crippen LogP contribution in [0, 0.1) is 0 Å². The van der Waals surface area contributed by atoms with Crippen molar-refractivity contribution in [3.05, 3.63) is 0 Å². The van der Waals surface area contributed by atoms with Gasteiger partial charge in [0.05, 0.1) is 0 Å². The Kier molecular flexibility index (Phi) is 5.88. The highest BCUT2D eigenvalue weighted by Crippen LogP contribution is 2.09. The molecule has 1 rings (SSSR count). The number of ether oxygens (including phenoxy) is 1. The summed E-state index contributed by atoms with van der Waals surface area (Å²) in [5.41, 5.74) is -0.419. The summed E-state index contributed by atoms with van der Waals surface area (Å²) < 4.78 is 5.32. The summed E-state index contributed by atoms with van der Waals surface area (Å²) in [5, 5.41) is 3.37. The van der Waals surface area contributed by atoms with Crippen molar-refractivity contribution in [1.29, 1.82) is 0 Å². The molecule has 0 radical (unpaired) electrons. The van der Waals surface area contributed by atoms with Crippen LogP contribution in [-0.2, 0) is 4.74 Å². The maximum atomic E-state index is 11.8. The van der Waals surface area contributed by atoms with Gasteiger partial charge in [-0.05, 0) is 40.3 Å². The van der Waals surface area contributed by atoms with E-state index < -0.39 is 5.60 Å². The van der Waals surface area contributed by atoms with Crippen molar-refractivity contribution in [2.75, 3.05) is 46.3 Å². The van der Waals surface area contributed by atoms with Crippen molar-refractivity contribution in [1.82, 2.24) is 15.1 Å². The standard InChI is InChI=1S/C13H27N3O2/c1-13(2,3)18-12(17)15(4)10-11-16-8-5-6-14-7-9-16/h14H,5-11H2,1-4H3. The molecule has 5 heteroatoms. The number of nitrogens with one attached hydrogen (secondary N) is 1. The molecule has 1 N–H and O–H groups in total. The van der Waals surface area contributed by atoms with Gasteiger partial charge in [0.15, 0.2) is 0 Å². The molecule has 0 spiro atoms. The first-order chi connectivity index (χ1) is 8.38. The summed E-state index contributed by atoms with van der Waals surface area (Å²) in [6.07, 6.45) is 0.936. The Bertz CT molecular complexity index is 255. The highest BCUT2D eigenvalue weighted by Gasteiger charge is 2.20. The lowest BCUT2D eigenvalue weighted by Crippen LogP contribution is -2.40. The molecular weight excluding hydrogens is 230 g/mol. The first-order valence-electron chi connectivity index (χ1n) is 6.76. The molecule has 18 heavy (non-hydrogen) atoms. The summed E-state index contributed by atoms with van der Waals surface area (Å²) in [5.74, 6) is 0. The van der Waals surface area contributed by atoms with E-state index in [2.05, 4.69) is 10.2 Å². The van der Waals surface area contributed by atoms with Crippen LogP contribution in [0.4, 0.5) is 4.79 Å². The van der Waals surface area contributed by atoms with E-state index in [1.54, 1.807) is 11.9 Å². The zero-order valence-corrected chi connectivity index (χ0v) is 12.2. The van der Waals surface area contributed by atoms with Crippen LogP contribution >= 0.6 is 0 Å². The van der Waals surface area contributed by atoms with E-state index in [1.165, 1.54) is 6.42 Å². The molecule has 0 aromatic heterocycles. The Balaban J connectivity index is 2.26. The first-order valence-corrected chi connectivity index (χ1v) is 6.76. The average Bonchev–Trinajstić information content (AvgIpc) is 2.51. The maximum Gasteiger partial charge on any atom is 0.410 e. The third-order valence-corrected chi connectivity index (χ3v) is 2.89. The second-order valence-corrected chi connectivity index (χ2v) is 5.85. The van der Waals surface area contributed by atoms with Gasteiger partial charge in [0.1, 0.15) is 5.60 Å². The van der Waals surface area contributed by atoms with E-state index in [4.69, 9.17) is 4.74 Å². The second kappa shape index (κ2) is 6.95.